The Morgan fingerprint density at radius 2 is 2.36 bits per heavy atom. The number of hydrogen-bond acceptors (Lipinski definition) is 2. The van der Waals surface area contributed by atoms with E-state index in [1.54, 1.807) is 6.33 Å². The van der Waals surface area contributed by atoms with Gasteiger partial charge >= 0.3 is 0 Å². The van der Waals surface area contributed by atoms with Gasteiger partial charge in [-0.15, -0.1) is 0 Å². The standard InChI is InChI=1S/C8H9N3/c1-3-7-4-2-6(1)8-9-5-10-11(7)8/h1,3,5-7H,2,4H2. The van der Waals surface area contributed by atoms with Gasteiger partial charge in [0.2, 0.25) is 0 Å². The van der Waals surface area contributed by atoms with Gasteiger partial charge < -0.3 is 0 Å². The molecule has 2 bridgehead atoms. The van der Waals surface area contributed by atoms with Crippen LogP contribution in [0.4, 0.5) is 0 Å². The van der Waals surface area contributed by atoms with Gasteiger partial charge in [-0.2, -0.15) is 5.10 Å². The molecule has 1 aromatic rings. The lowest BCUT2D eigenvalue weighted by Crippen LogP contribution is -2.24. The van der Waals surface area contributed by atoms with Crippen molar-refractivity contribution in [1.29, 1.82) is 0 Å². The van der Waals surface area contributed by atoms with Crippen molar-refractivity contribution in [3.05, 3.63) is 24.3 Å². The number of hydrogen-bond donors (Lipinski definition) is 0. The van der Waals surface area contributed by atoms with Gasteiger partial charge in [0, 0.05) is 5.92 Å². The van der Waals surface area contributed by atoms with E-state index in [1.165, 1.54) is 12.8 Å². The highest BCUT2D eigenvalue weighted by Crippen LogP contribution is 2.37. The van der Waals surface area contributed by atoms with E-state index < -0.39 is 0 Å². The van der Waals surface area contributed by atoms with Crippen LogP contribution in [-0.4, -0.2) is 14.8 Å². The first-order valence-electron chi connectivity index (χ1n) is 4.03. The topological polar surface area (TPSA) is 30.7 Å². The van der Waals surface area contributed by atoms with Crippen LogP contribution in [0.25, 0.3) is 0 Å². The molecule has 0 fully saturated rings. The summed E-state index contributed by atoms with van der Waals surface area (Å²) in [6.07, 6.45) is 8.65. The van der Waals surface area contributed by atoms with E-state index >= 15 is 0 Å². The van der Waals surface area contributed by atoms with E-state index in [-0.39, 0.29) is 0 Å². The molecule has 0 aromatic carbocycles. The van der Waals surface area contributed by atoms with Crippen molar-refractivity contribution in [3.8, 4) is 0 Å². The molecule has 2 aliphatic heterocycles. The normalized spacial score (nSPS) is 32.4. The molecule has 0 saturated carbocycles. The van der Waals surface area contributed by atoms with Crippen LogP contribution in [0.5, 0.6) is 0 Å². The quantitative estimate of drug-likeness (QED) is 0.517. The zero-order valence-corrected chi connectivity index (χ0v) is 6.14. The van der Waals surface area contributed by atoms with Crippen LogP contribution in [0, 0.1) is 0 Å². The number of nitrogens with zero attached hydrogens (tertiary/aromatic N) is 3. The molecule has 3 nitrogen and oxygen atoms in total. The summed E-state index contributed by atoms with van der Waals surface area (Å²) < 4.78 is 2.05. The minimum atomic E-state index is 0.498. The zero-order chi connectivity index (χ0) is 7.26. The number of rotatable bonds is 0. The first-order chi connectivity index (χ1) is 5.45. The third-order valence-electron chi connectivity index (χ3n) is 2.59. The maximum atomic E-state index is 4.24. The summed E-state index contributed by atoms with van der Waals surface area (Å²) in [6.45, 7) is 0. The molecule has 3 heteroatoms. The lowest BCUT2D eigenvalue weighted by atomic mass is 9.88. The molecule has 2 atom stereocenters. The third kappa shape index (κ3) is 0.582. The summed E-state index contributed by atoms with van der Waals surface area (Å²) in [4.78, 5) is 4.24. The molecule has 0 N–H and O–H groups in total. The molecule has 0 saturated heterocycles. The van der Waals surface area contributed by atoms with Gasteiger partial charge in [-0.3, -0.25) is 0 Å². The first kappa shape index (κ1) is 5.52. The molecular weight excluding hydrogens is 138 g/mol. The minimum Gasteiger partial charge on any atom is -0.243 e. The second-order valence-corrected chi connectivity index (χ2v) is 3.20. The Balaban J connectivity index is 2.25. The van der Waals surface area contributed by atoms with Gasteiger partial charge in [0.25, 0.3) is 0 Å². The molecule has 56 valence electrons. The summed E-state index contributed by atoms with van der Waals surface area (Å²) in [5, 5.41) is 4.19. The lowest BCUT2D eigenvalue weighted by Gasteiger charge is -2.30. The second kappa shape index (κ2) is 1.72. The van der Waals surface area contributed by atoms with Crippen molar-refractivity contribution < 1.29 is 0 Å². The maximum Gasteiger partial charge on any atom is 0.138 e. The fourth-order valence-electron chi connectivity index (χ4n) is 2.00. The predicted molar refractivity (Wildman–Crippen MR) is 40.2 cm³/mol. The monoisotopic (exact) mass is 147 g/mol. The van der Waals surface area contributed by atoms with Crippen LogP contribution < -0.4 is 0 Å². The van der Waals surface area contributed by atoms with Gasteiger partial charge in [-0.05, 0) is 12.8 Å². The van der Waals surface area contributed by atoms with Crippen LogP contribution in [-0.2, 0) is 0 Å². The van der Waals surface area contributed by atoms with E-state index in [0.29, 0.717) is 12.0 Å². The van der Waals surface area contributed by atoms with Crippen molar-refractivity contribution in [3.63, 3.8) is 0 Å². The highest BCUT2D eigenvalue weighted by molar-refractivity contribution is 5.19. The molecule has 4 rings (SSSR count). The molecule has 0 spiro atoms. The minimum absolute atomic E-state index is 0.498. The Hall–Kier alpha value is -1.12. The van der Waals surface area contributed by atoms with E-state index in [0.717, 1.165) is 5.82 Å². The Labute approximate surface area is 64.7 Å². The molecule has 3 heterocycles. The molecule has 1 aliphatic carbocycles. The molecule has 0 amide bonds. The van der Waals surface area contributed by atoms with Gasteiger partial charge in [-0.25, -0.2) is 9.67 Å². The maximum absolute atomic E-state index is 4.24. The Bertz CT molecular complexity index is 284. The van der Waals surface area contributed by atoms with Crippen molar-refractivity contribution in [1.82, 2.24) is 14.8 Å². The van der Waals surface area contributed by atoms with Crippen molar-refractivity contribution in [2.45, 2.75) is 24.8 Å². The fourth-order valence-corrected chi connectivity index (χ4v) is 2.00. The highest BCUT2D eigenvalue weighted by atomic mass is 15.4. The van der Waals surface area contributed by atoms with Crippen LogP contribution in [0.1, 0.15) is 30.6 Å². The van der Waals surface area contributed by atoms with Gasteiger partial charge in [-0.1, -0.05) is 12.2 Å². The fraction of sp³-hybridized carbons (Fsp3) is 0.500. The van der Waals surface area contributed by atoms with Gasteiger partial charge in [0.05, 0.1) is 6.04 Å². The van der Waals surface area contributed by atoms with Gasteiger partial charge in [0.15, 0.2) is 0 Å². The summed E-state index contributed by atoms with van der Waals surface area (Å²) in [5.41, 5.74) is 0. The van der Waals surface area contributed by atoms with Crippen molar-refractivity contribution in [2.75, 3.05) is 0 Å². The summed E-state index contributed by atoms with van der Waals surface area (Å²) in [7, 11) is 0. The summed E-state index contributed by atoms with van der Waals surface area (Å²) in [5.74, 6) is 1.70. The Kier molecular flexibility index (Phi) is 0.866. The third-order valence-corrected chi connectivity index (χ3v) is 2.59. The molecule has 2 unspecified atom stereocenters. The Morgan fingerprint density at radius 3 is 3.09 bits per heavy atom. The predicted octanol–water partition coefficient (Wildman–Crippen LogP) is 1.27. The van der Waals surface area contributed by atoms with Crippen molar-refractivity contribution >= 4 is 0 Å². The highest BCUT2D eigenvalue weighted by Gasteiger charge is 2.29. The van der Waals surface area contributed by atoms with Gasteiger partial charge in [0.1, 0.15) is 12.2 Å². The summed E-state index contributed by atoms with van der Waals surface area (Å²) >= 11 is 0. The zero-order valence-electron chi connectivity index (χ0n) is 6.14. The van der Waals surface area contributed by atoms with Crippen LogP contribution in [0.15, 0.2) is 18.5 Å². The number of fused-ring (bicyclic) bond motifs is 1. The number of allylic oxidation sites excluding steroid dienone is 2. The van der Waals surface area contributed by atoms with E-state index in [2.05, 4.69) is 22.2 Å². The first-order valence-corrected chi connectivity index (χ1v) is 4.03. The Morgan fingerprint density at radius 1 is 1.36 bits per heavy atom. The number of aromatic nitrogens is 3. The molecule has 0 radical (unpaired) electrons. The van der Waals surface area contributed by atoms with Crippen LogP contribution in [0.3, 0.4) is 0 Å². The van der Waals surface area contributed by atoms with E-state index in [1.807, 2.05) is 4.68 Å². The molecule has 11 heavy (non-hydrogen) atoms. The molecule has 3 aliphatic rings. The SMILES string of the molecule is C1=CC2CCC1c1ncnn12. The average molecular weight is 147 g/mol. The molecular formula is C8H9N3. The lowest BCUT2D eigenvalue weighted by molar-refractivity contribution is 0.378. The van der Waals surface area contributed by atoms with E-state index in [9.17, 15) is 0 Å². The molecule has 1 aromatic heterocycles. The van der Waals surface area contributed by atoms with Crippen molar-refractivity contribution in [2.24, 2.45) is 0 Å². The van der Waals surface area contributed by atoms with Crippen LogP contribution in [0.2, 0.25) is 0 Å². The largest absolute Gasteiger partial charge is 0.243 e. The van der Waals surface area contributed by atoms with Crippen LogP contribution >= 0.6 is 0 Å². The average Bonchev–Trinajstić information content (AvgIpc) is 2.55. The second-order valence-electron chi connectivity index (χ2n) is 3.20. The smallest absolute Gasteiger partial charge is 0.138 e. The van der Waals surface area contributed by atoms with E-state index in [4.69, 9.17) is 0 Å². The summed E-state index contributed by atoms with van der Waals surface area (Å²) in [6, 6.07) is 0.498.